The van der Waals surface area contributed by atoms with E-state index in [2.05, 4.69) is 32.7 Å². The molecule has 0 aromatic rings. The number of ether oxygens (including phenoxy) is 1. The van der Waals surface area contributed by atoms with Gasteiger partial charge < -0.3 is 14.7 Å². The zero-order valence-corrected chi connectivity index (χ0v) is 15.2. The molecule has 0 radical (unpaired) electrons. The monoisotopic (exact) mass is 311 g/mol. The van der Waals surface area contributed by atoms with Crippen molar-refractivity contribution in [1.29, 1.82) is 0 Å². The Balaban J connectivity index is 1.69. The third kappa shape index (κ3) is 5.82. The second-order valence-electron chi connectivity index (χ2n) is 8.75. The van der Waals surface area contributed by atoms with Crippen molar-refractivity contribution in [3.63, 3.8) is 0 Å². The molecule has 22 heavy (non-hydrogen) atoms. The number of aliphatic hydroxyl groups excluding tert-OH is 1. The number of likely N-dealkylation sites (N-methyl/N-ethyl adjacent to an activating group) is 1. The van der Waals surface area contributed by atoms with Crippen LogP contribution < -0.4 is 0 Å². The summed E-state index contributed by atoms with van der Waals surface area (Å²) in [5.41, 5.74) is 0.381. The van der Waals surface area contributed by atoms with E-state index in [0.717, 1.165) is 25.3 Å². The largest absolute Gasteiger partial charge is 0.389 e. The van der Waals surface area contributed by atoms with E-state index in [9.17, 15) is 5.11 Å². The Labute approximate surface area is 137 Å². The number of hydrogen-bond donors (Lipinski definition) is 1. The fourth-order valence-corrected chi connectivity index (χ4v) is 4.69. The van der Waals surface area contributed by atoms with Crippen LogP contribution in [0, 0.1) is 11.3 Å². The molecular formula is C19H37NO2. The van der Waals surface area contributed by atoms with E-state index in [0.29, 0.717) is 24.2 Å². The summed E-state index contributed by atoms with van der Waals surface area (Å²) >= 11 is 0. The van der Waals surface area contributed by atoms with E-state index in [4.69, 9.17) is 4.74 Å². The van der Waals surface area contributed by atoms with Crippen LogP contribution in [0.4, 0.5) is 0 Å². The summed E-state index contributed by atoms with van der Waals surface area (Å²) in [6.07, 6.45) is 10.2. The molecule has 0 spiro atoms. The Kier molecular flexibility index (Phi) is 6.73. The van der Waals surface area contributed by atoms with Crippen LogP contribution in [-0.4, -0.2) is 48.5 Å². The SMILES string of the molecule is C[C@@H]1C[C@@H](OC[C@@H](O)CN(C)C2CCCCC2)CC(C)(C)C1. The van der Waals surface area contributed by atoms with E-state index < -0.39 is 0 Å². The molecule has 2 aliphatic carbocycles. The van der Waals surface area contributed by atoms with Crippen molar-refractivity contribution < 1.29 is 9.84 Å². The van der Waals surface area contributed by atoms with Gasteiger partial charge in [0.2, 0.25) is 0 Å². The lowest BCUT2D eigenvalue weighted by Crippen LogP contribution is -2.41. The quantitative estimate of drug-likeness (QED) is 0.809. The minimum Gasteiger partial charge on any atom is -0.389 e. The highest BCUT2D eigenvalue weighted by Crippen LogP contribution is 2.39. The van der Waals surface area contributed by atoms with Crippen molar-refractivity contribution in [2.24, 2.45) is 11.3 Å². The number of rotatable bonds is 6. The lowest BCUT2D eigenvalue weighted by atomic mass is 9.71. The Morgan fingerprint density at radius 3 is 2.50 bits per heavy atom. The second-order valence-corrected chi connectivity index (χ2v) is 8.75. The number of hydrogen-bond acceptors (Lipinski definition) is 3. The van der Waals surface area contributed by atoms with Gasteiger partial charge in [0, 0.05) is 12.6 Å². The summed E-state index contributed by atoms with van der Waals surface area (Å²) in [5, 5.41) is 10.3. The van der Waals surface area contributed by atoms with Gasteiger partial charge in [-0.05, 0) is 50.5 Å². The van der Waals surface area contributed by atoms with Crippen molar-refractivity contribution in [2.75, 3.05) is 20.2 Å². The molecule has 0 aliphatic heterocycles. The van der Waals surface area contributed by atoms with Crippen LogP contribution in [-0.2, 0) is 4.74 Å². The van der Waals surface area contributed by atoms with Crippen LogP contribution in [0.25, 0.3) is 0 Å². The highest BCUT2D eigenvalue weighted by atomic mass is 16.5. The molecule has 0 saturated heterocycles. The van der Waals surface area contributed by atoms with E-state index >= 15 is 0 Å². The molecule has 2 fully saturated rings. The molecule has 0 bridgehead atoms. The van der Waals surface area contributed by atoms with Gasteiger partial charge in [0.25, 0.3) is 0 Å². The first-order chi connectivity index (χ1) is 10.4. The highest BCUT2D eigenvalue weighted by molar-refractivity contribution is 4.84. The average Bonchev–Trinajstić information content (AvgIpc) is 2.44. The molecular weight excluding hydrogens is 274 g/mol. The fraction of sp³-hybridized carbons (Fsp3) is 1.00. The van der Waals surface area contributed by atoms with Gasteiger partial charge in [-0.25, -0.2) is 0 Å². The molecule has 3 atom stereocenters. The van der Waals surface area contributed by atoms with Gasteiger partial charge in [0.15, 0.2) is 0 Å². The van der Waals surface area contributed by atoms with E-state index in [1.54, 1.807) is 0 Å². The first kappa shape index (κ1) is 18.2. The molecule has 2 aliphatic rings. The lowest BCUT2D eigenvalue weighted by molar-refractivity contribution is -0.0626. The Hall–Kier alpha value is -0.120. The highest BCUT2D eigenvalue weighted by Gasteiger charge is 2.32. The van der Waals surface area contributed by atoms with Crippen molar-refractivity contribution in [2.45, 2.75) is 90.4 Å². The van der Waals surface area contributed by atoms with Crippen LogP contribution >= 0.6 is 0 Å². The summed E-state index contributed by atoms with van der Waals surface area (Å²) < 4.78 is 6.06. The van der Waals surface area contributed by atoms with Gasteiger partial charge in [0.1, 0.15) is 0 Å². The average molecular weight is 312 g/mol. The molecule has 3 nitrogen and oxygen atoms in total. The van der Waals surface area contributed by atoms with Gasteiger partial charge in [-0.15, -0.1) is 0 Å². The Bertz CT molecular complexity index is 325. The van der Waals surface area contributed by atoms with Crippen LogP contribution in [0.5, 0.6) is 0 Å². The third-order valence-corrected chi connectivity index (χ3v) is 5.57. The molecule has 1 N–H and O–H groups in total. The van der Waals surface area contributed by atoms with Gasteiger partial charge in [-0.3, -0.25) is 0 Å². The topological polar surface area (TPSA) is 32.7 Å². The predicted molar refractivity (Wildman–Crippen MR) is 92.0 cm³/mol. The molecule has 2 saturated carbocycles. The predicted octanol–water partition coefficient (Wildman–Crippen LogP) is 3.84. The molecule has 0 aromatic carbocycles. The molecule has 3 heteroatoms. The zero-order chi connectivity index (χ0) is 16.2. The molecule has 0 amide bonds. The first-order valence-electron chi connectivity index (χ1n) is 9.35. The first-order valence-corrected chi connectivity index (χ1v) is 9.35. The van der Waals surface area contributed by atoms with Crippen LogP contribution in [0.15, 0.2) is 0 Å². The lowest BCUT2D eigenvalue weighted by Gasteiger charge is -2.39. The summed E-state index contributed by atoms with van der Waals surface area (Å²) in [7, 11) is 2.16. The van der Waals surface area contributed by atoms with Crippen LogP contribution in [0.1, 0.15) is 72.1 Å². The van der Waals surface area contributed by atoms with Crippen molar-refractivity contribution in [3.05, 3.63) is 0 Å². The fourth-order valence-electron chi connectivity index (χ4n) is 4.69. The zero-order valence-electron chi connectivity index (χ0n) is 15.2. The molecule has 2 rings (SSSR count). The summed E-state index contributed by atoms with van der Waals surface area (Å²) in [6.45, 7) is 8.24. The van der Waals surface area contributed by atoms with Gasteiger partial charge in [-0.2, -0.15) is 0 Å². The van der Waals surface area contributed by atoms with Crippen LogP contribution in [0.3, 0.4) is 0 Å². The molecule has 0 unspecified atom stereocenters. The van der Waals surface area contributed by atoms with Gasteiger partial charge in [-0.1, -0.05) is 40.0 Å². The Morgan fingerprint density at radius 1 is 1.18 bits per heavy atom. The minimum absolute atomic E-state index is 0.327. The maximum absolute atomic E-state index is 10.3. The second kappa shape index (κ2) is 8.12. The maximum atomic E-state index is 10.3. The van der Waals surface area contributed by atoms with E-state index in [-0.39, 0.29) is 6.10 Å². The standard InChI is InChI=1S/C19H37NO2/c1-15-10-18(12-19(2,3)11-15)22-14-17(21)13-20(4)16-8-6-5-7-9-16/h15-18,21H,5-14H2,1-4H3/t15-,17+,18-/m1/s1. The van der Waals surface area contributed by atoms with Crippen molar-refractivity contribution >= 4 is 0 Å². The number of aliphatic hydroxyl groups is 1. The molecule has 130 valence electrons. The minimum atomic E-state index is -0.354. The van der Waals surface area contributed by atoms with Gasteiger partial charge in [0.05, 0.1) is 18.8 Å². The van der Waals surface area contributed by atoms with Crippen molar-refractivity contribution in [1.82, 2.24) is 4.90 Å². The summed E-state index contributed by atoms with van der Waals surface area (Å²) in [6, 6.07) is 0.664. The van der Waals surface area contributed by atoms with Gasteiger partial charge >= 0.3 is 0 Å². The molecule has 0 aromatic heterocycles. The summed E-state index contributed by atoms with van der Waals surface area (Å²) in [5.74, 6) is 0.732. The van der Waals surface area contributed by atoms with Crippen LogP contribution in [0.2, 0.25) is 0 Å². The van der Waals surface area contributed by atoms with E-state index in [1.165, 1.54) is 38.5 Å². The van der Waals surface area contributed by atoms with E-state index in [1.807, 2.05) is 0 Å². The maximum Gasteiger partial charge on any atom is 0.0900 e. The smallest absolute Gasteiger partial charge is 0.0900 e. The molecule has 0 heterocycles. The third-order valence-electron chi connectivity index (χ3n) is 5.57. The normalized spacial score (nSPS) is 31.4. The number of nitrogens with zero attached hydrogens (tertiary/aromatic N) is 1. The summed E-state index contributed by atoms with van der Waals surface area (Å²) in [4.78, 5) is 2.35. The Morgan fingerprint density at radius 2 is 1.86 bits per heavy atom. The van der Waals surface area contributed by atoms with Crippen molar-refractivity contribution in [3.8, 4) is 0 Å².